The summed E-state index contributed by atoms with van der Waals surface area (Å²) in [6, 6.07) is 15.2. The minimum Gasteiger partial charge on any atom is -0.392 e. The normalized spacial score (nSPS) is 20.2. The van der Waals surface area contributed by atoms with Gasteiger partial charge < -0.3 is 5.11 Å². The van der Waals surface area contributed by atoms with Crippen LogP contribution in [0.1, 0.15) is 62.1 Å². The Bertz CT molecular complexity index is 1040. The van der Waals surface area contributed by atoms with Crippen LogP contribution in [0.4, 0.5) is 0 Å². The third-order valence-corrected chi connectivity index (χ3v) is 8.38. The van der Waals surface area contributed by atoms with E-state index in [0.29, 0.717) is 5.92 Å². The summed E-state index contributed by atoms with van der Waals surface area (Å²) in [6.07, 6.45) is 12.2. The summed E-state index contributed by atoms with van der Waals surface area (Å²) >= 11 is 1.81. The highest BCUT2D eigenvalue weighted by Gasteiger charge is 2.31. The van der Waals surface area contributed by atoms with Crippen molar-refractivity contribution >= 4 is 27.0 Å². The van der Waals surface area contributed by atoms with Crippen molar-refractivity contribution in [3.63, 3.8) is 0 Å². The maximum atomic E-state index is 11.3. The Morgan fingerprint density at radius 1 is 1.09 bits per heavy atom. The first-order valence-electron chi connectivity index (χ1n) is 12.3. The number of rotatable bonds is 7. The van der Waals surface area contributed by atoms with E-state index in [9.17, 15) is 5.11 Å². The average molecular weight is 447 g/mol. The van der Waals surface area contributed by atoms with E-state index < -0.39 is 0 Å². The number of hydrogen-bond acceptors (Lipinski definition) is 4. The van der Waals surface area contributed by atoms with Crippen LogP contribution in [-0.2, 0) is 0 Å². The van der Waals surface area contributed by atoms with Gasteiger partial charge in [-0.15, -0.1) is 11.3 Å². The van der Waals surface area contributed by atoms with Gasteiger partial charge in [-0.05, 0) is 90.4 Å². The molecule has 2 aliphatic rings. The molecule has 0 saturated heterocycles. The molecule has 2 atom stereocenters. The standard InChI is InChI=1S/C28H34N2OS/c31-28(22-6-2-1-3-7-22)25(26-8-4-5-15-29-26)13-18-30-16-11-21(12-17-30)23-9-10-27-24(20-23)14-19-32-27/h4-5,8-11,14-15,19-20,22,25,28,31H,1-3,6-7,12-13,16-18H2. The fourth-order valence-corrected chi connectivity index (χ4v) is 6.33. The molecule has 3 nitrogen and oxygen atoms in total. The molecule has 0 bridgehead atoms. The van der Waals surface area contributed by atoms with E-state index in [-0.39, 0.29) is 12.0 Å². The predicted octanol–water partition coefficient (Wildman–Crippen LogP) is 6.50. The fourth-order valence-electron chi connectivity index (χ4n) is 5.56. The van der Waals surface area contributed by atoms with Crippen LogP contribution in [0, 0.1) is 5.92 Å². The molecular weight excluding hydrogens is 412 g/mol. The second kappa shape index (κ2) is 10.3. The molecule has 4 heteroatoms. The Kier molecular flexibility index (Phi) is 7.01. The molecule has 2 unspecified atom stereocenters. The number of benzene rings is 1. The number of fused-ring (bicyclic) bond motifs is 1. The van der Waals surface area contributed by atoms with Gasteiger partial charge in [0.2, 0.25) is 0 Å². The summed E-state index contributed by atoms with van der Waals surface area (Å²) < 4.78 is 1.36. The minimum absolute atomic E-state index is 0.130. The molecule has 5 rings (SSSR count). The second-order valence-corrected chi connectivity index (χ2v) is 10.4. The van der Waals surface area contributed by atoms with Crippen molar-refractivity contribution in [3.8, 4) is 0 Å². The van der Waals surface area contributed by atoms with E-state index in [1.165, 1.54) is 40.5 Å². The van der Waals surface area contributed by atoms with Gasteiger partial charge in [0, 0.05) is 35.6 Å². The van der Waals surface area contributed by atoms with Crippen molar-refractivity contribution in [2.75, 3.05) is 19.6 Å². The quantitative estimate of drug-likeness (QED) is 0.450. The zero-order valence-corrected chi connectivity index (χ0v) is 19.6. The lowest BCUT2D eigenvalue weighted by atomic mass is 9.78. The van der Waals surface area contributed by atoms with E-state index in [0.717, 1.165) is 51.0 Å². The third-order valence-electron chi connectivity index (χ3n) is 7.49. The van der Waals surface area contributed by atoms with Crippen molar-refractivity contribution in [3.05, 3.63) is 71.4 Å². The molecule has 1 aromatic carbocycles. The number of aromatic nitrogens is 1. The Labute approximate surface area is 195 Å². The molecule has 3 heterocycles. The van der Waals surface area contributed by atoms with Gasteiger partial charge in [0.25, 0.3) is 0 Å². The first-order chi connectivity index (χ1) is 15.8. The van der Waals surface area contributed by atoms with Crippen molar-refractivity contribution in [1.82, 2.24) is 9.88 Å². The molecule has 1 N–H and O–H groups in total. The average Bonchev–Trinajstić information content (AvgIpc) is 3.34. The molecule has 32 heavy (non-hydrogen) atoms. The summed E-state index contributed by atoms with van der Waals surface area (Å²) in [7, 11) is 0. The topological polar surface area (TPSA) is 36.4 Å². The number of aliphatic hydroxyl groups excluding tert-OH is 1. The number of aliphatic hydroxyl groups is 1. The monoisotopic (exact) mass is 446 g/mol. The molecule has 0 spiro atoms. The van der Waals surface area contributed by atoms with Gasteiger partial charge in [-0.3, -0.25) is 9.88 Å². The molecule has 0 amide bonds. The molecule has 1 aliphatic carbocycles. The van der Waals surface area contributed by atoms with Crippen molar-refractivity contribution in [1.29, 1.82) is 0 Å². The van der Waals surface area contributed by atoms with Gasteiger partial charge in [0.05, 0.1) is 6.10 Å². The van der Waals surface area contributed by atoms with Crippen LogP contribution >= 0.6 is 11.3 Å². The summed E-state index contributed by atoms with van der Waals surface area (Å²) in [5.74, 6) is 0.557. The highest BCUT2D eigenvalue weighted by atomic mass is 32.1. The highest BCUT2D eigenvalue weighted by molar-refractivity contribution is 7.17. The van der Waals surface area contributed by atoms with Gasteiger partial charge in [0.15, 0.2) is 0 Å². The van der Waals surface area contributed by atoms with E-state index in [1.54, 1.807) is 0 Å². The molecule has 3 aromatic rings. The molecular formula is C28H34N2OS. The molecule has 0 radical (unpaired) electrons. The summed E-state index contributed by atoms with van der Waals surface area (Å²) in [4.78, 5) is 7.18. The zero-order chi connectivity index (χ0) is 21.8. The van der Waals surface area contributed by atoms with Gasteiger partial charge in [0.1, 0.15) is 0 Å². The molecule has 1 aliphatic heterocycles. The predicted molar refractivity (Wildman–Crippen MR) is 135 cm³/mol. The van der Waals surface area contributed by atoms with Crippen LogP contribution in [0.5, 0.6) is 0 Å². The second-order valence-electron chi connectivity index (χ2n) is 9.49. The Balaban J connectivity index is 1.23. The zero-order valence-electron chi connectivity index (χ0n) is 18.8. The highest BCUT2D eigenvalue weighted by Crippen LogP contribution is 2.35. The lowest BCUT2D eigenvalue weighted by molar-refractivity contribution is 0.0530. The van der Waals surface area contributed by atoms with Crippen molar-refractivity contribution < 1.29 is 5.11 Å². The van der Waals surface area contributed by atoms with Gasteiger partial charge >= 0.3 is 0 Å². The smallest absolute Gasteiger partial charge is 0.0652 e. The molecule has 1 fully saturated rings. The maximum absolute atomic E-state index is 11.3. The van der Waals surface area contributed by atoms with Crippen molar-refractivity contribution in [2.45, 2.75) is 57.0 Å². The number of pyridine rings is 1. The summed E-state index contributed by atoms with van der Waals surface area (Å²) in [5.41, 5.74) is 3.90. The van der Waals surface area contributed by atoms with Gasteiger partial charge in [-0.2, -0.15) is 0 Å². The minimum atomic E-state index is -0.279. The summed E-state index contributed by atoms with van der Waals surface area (Å²) in [5, 5.41) is 14.8. The first kappa shape index (κ1) is 21.8. The van der Waals surface area contributed by atoms with Gasteiger partial charge in [-0.1, -0.05) is 37.5 Å². The fraction of sp³-hybridized carbons (Fsp3) is 0.464. The van der Waals surface area contributed by atoms with E-state index >= 15 is 0 Å². The van der Waals surface area contributed by atoms with E-state index in [4.69, 9.17) is 0 Å². The van der Waals surface area contributed by atoms with Gasteiger partial charge in [-0.25, -0.2) is 0 Å². The number of thiophene rings is 1. The lowest BCUT2D eigenvalue weighted by Crippen LogP contribution is -2.35. The van der Waals surface area contributed by atoms with Crippen LogP contribution in [0.25, 0.3) is 15.7 Å². The molecule has 2 aromatic heterocycles. The first-order valence-corrected chi connectivity index (χ1v) is 13.1. The third kappa shape index (κ3) is 4.98. The number of hydrogen-bond donors (Lipinski definition) is 1. The lowest BCUT2D eigenvalue weighted by Gasteiger charge is -2.34. The Hall–Kier alpha value is -2.01. The Morgan fingerprint density at radius 2 is 2.00 bits per heavy atom. The SMILES string of the molecule is OC(C1CCCCC1)C(CCN1CC=C(c2ccc3sccc3c2)CC1)c1ccccn1. The summed E-state index contributed by atoms with van der Waals surface area (Å²) in [6.45, 7) is 3.09. The largest absolute Gasteiger partial charge is 0.392 e. The van der Waals surface area contributed by atoms with Crippen LogP contribution < -0.4 is 0 Å². The Morgan fingerprint density at radius 3 is 2.78 bits per heavy atom. The van der Waals surface area contributed by atoms with Crippen LogP contribution in [0.15, 0.2) is 60.1 Å². The van der Waals surface area contributed by atoms with E-state index in [2.05, 4.69) is 57.7 Å². The van der Waals surface area contributed by atoms with Crippen molar-refractivity contribution in [2.24, 2.45) is 5.92 Å². The number of nitrogens with zero attached hydrogens (tertiary/aromatic N) is 2. The van der Waals surface area contributed by atoms with Crippen LogP contribution in [0.3, 0.4) is 0 Å². The van der Waals surface area contributed by atoms with Crippen LogP contribution in [0.2, 0.25) is 0 Å². The molecule has 1 saturated carbocycles. The molecule has 168 valence electrons. The van der Waals surface area contributed by atoms with Crippen LogP contribution in [-0.4, -0.2) is 40.7 Å². The maximum Gasteiger partial charge on any atom is 0.0652 e. The van der Waals surface area contributed by atoms with E-state index in [1.807, 2.05) is 23.6 Å².